The predicted octanol–water partition coefficient (Wildman–Crippen LogP) is 7.54. The summed E-state index contributed by atoms with van der Waals surface area (Å²) in [6, 6.07) is 14.9. The van der Waals surface area contributed by atoms with Gasteiger partial charge in [0, 0.05) is 113 Å². The number of hydrogen-bond acceptors (Lipinski definition) is 13. The number of halogens is 1. The molecule has 7 aliphatic rings. The summed E-state index contributed by atoms with van der Waals surface area (Å²) in [7, 11) is 1.53. The van der Waals surface area contributed by atoms with E-state index in [9.17, 15) is 19.5 Å². The van der Waals surface area contributed by atoms with Crippen molar-refractivity contribution in [2.24, 2.45) is 16.7 Å². The topological polar surface area (TPSA) is 169 Å². The van der Waals surface area contributed by atoms with Crippen molar-refractivity contribution in [1.29, 1.82) is 0 Å². The Bertz CT molecular complexity index is 2970. The largest absolute Gasteiger partial charge is 0.508 e. The summed E-state index contributed by atoms with van der Waals surface area (Å²) in [6.45, 7) is 12.0. The van der Waals surface area contributed by atoms with Gasteiger partial charge < -0.3 is 39.5 Å². The average Bonchev–Trinajstić information content (AvgIpc) is 4.10. The molecule has 2 atom stereocenters. The van der Waals surface area contributed by atoms with Crippen molar-refractivity contribution in [2.75, 3.05) is 95.5 Å². The van der Waals surface area contributed by atoms with Gasteiger partial charge in [-0.05, 0) is 129 Å². The summed E-state index contributed by atoms with van der Waals surface area (Å²) >= 11 is 0. The summed E-state index contributed by atoms with van der Waals surface area (Å²) in [5.74, 6) is 1.00. The number of phenolic OH excluding ortho intramolecular Hbond substituents is 1. The molecule has 7 fully saturated rings. The first kappa shape index (κ1) is 48.8. The van der Waals surface area contributed by atoms with Gasteiger partial charge in [0.15, 0.2) is 5.82 Å². The Hall–Kier alpha value is -6.17. The van der Waals surface area contributed by atoms with E-state index in [1.807, 2.05) is 23.1 Å². The highest BCUT2D eigenvalue weighted by atomic mass is 19.1. The van der Waals surface area contributed by atoms with Crippen LogP contribution in [0.3, 0.4) is 0 Å². The molecular formula is C57H69FN10O6. The van der Waals surface area contributed by atoms with Gasteiger partial charge in [-0.25, -0.2) is 9.18 Å². The van der Waals surface area contributed by atoms with Crippen molar-refractivity contribution in [2.45, 2.75) is 96.1 Å². The average molecular weight is 1010 g/mol. The number of rotatable bonds is 13. The molecule has 3 aromatic carbocycles. The Kier molecular flexibility index (Phi) is 13.1. The number of hydrogen-bond donors (Lipinski definition) is 3. The number of pyridine rings is 1. The number of carbonyl (C=O) groups is 3. The van der Waals surface area contributed by atoms with Crippen molar-refractivity contribution in [3.63, 3.8) is 0 Å². The van der Waals surface area contributed by atoms with Crippen LogP contribution in [-0.2, 0) is 11.2 Å². The Labute approximate surface area is 432 Å². The van der Waals surface area contributed by atoms with Gasteiger partial charge in [0.1, 0.15) is 28.5 Å². The second-order valence-corrected chi connectivity index (χ2v) is 22.7. The Morgan fingerprint density at radius 2 is 1.64 bits per heavy atom. The van der Waals surface area contributed by atoms with E-state index in [0.29, 0.717) is 58.4 Å². The first-order valence-corrected chi connectivity index (χ1v) is 27.2. The molecule has 2 aromatic heterocycles. The summed E-state index contributed by atoms with van der Waals surface area (Å²) in [4.78, 5) is 63.8. The van der Waals surface area contributed by atoms with Gasteiger partial charge >= 0.3 is 12.0 Å². The molecule has 7 heterocycles. The quantitative estimate of drug-likeness (QED) is 0.106. The summed E-state index contributed by atoms with van der Waals surface area (Å²) in [5.41, 5.74) is 3.25. The van der Waals surface area contributed by atoms with Gasteiger partial charge in [0.25, 0.3) is 5.91 Å². The van der Waals surface area contributed by atoms with Gasteiger partial charge in [-0.2, -0.15) is 9.97 Å². The minimum atomic E-state index is -0.539. The summed E-state index contributed by atoms with van der Waals surface area (Å²) in [6.07, 6.45) is 13.9. The van der Waals surface area contributed by atoms with Crippen molar-refractivity contribution >= 4 is 51.0 Å². The van der Waals surface area contributed by atoms with Crippen LogP contribution in [0.15, 0.2) is 54.7 Å². The maximum absolute atomic E-state index is 17.2. The van der Waals surface area contributed by atoms with Crippen LogP contribution in [-0.4, -0.2) is 150 Å². The van der Waals surface area contributed by atoms with E-state index in [1.165, 1.54) is 37.7 Å². The number of methoxy groups -OCH3 is 1. The lowest BCUT2D eigenvalue weighted by Crippen LogP contribution is -2.51. The lowest BCUT2D eigenvalue weighted by atomic mass is 9.65. The number of nitrogens with zero attached hydrogens (tertiary/aromatic N) is 8. The number of fused-ring (bicyclic) bond motifs is 4. The number of likely N-dealkylation sites (tertiary alicyclic amines) is 1. The molecule has 5 aliphatic heterocycles. The van der Waals surface area contributed by atoms with E-state index < -0.39 is 11.8 Å². The predicted molar refractivity (Wildman–Crippen MR) is 282 cm³/mol. The molecular weight excluding hydrogens is 940 g/mol. The molecule has 2 bridgehead atoms. The van der Waals surface area contributed by atoms with E-state index >= 15 is 4.39 Å². The number of piperidine rings is 1. The van der Waals surface area contributed by atoms with Gasteiger partial charge in [-0.3, -0.25) is 24.8 Å². The molecule has 3 N–H and O–H groups in total. The molecule has 2 aliphatic carbocycles. The van der Waals surface area contributed by atoms with Gasteiger partial charge in [-0.15, -0.1) is 0 Å². The van der Waals surface area contributed by atoms with Crippen molar-refractivity contribution < 1.29 is 33.4 Å². The van der Waals surface area contributed by atoms with E-state index in [1.54, 1.807) is 36.5 Å². The fourth-order valence-electron chi connectivity index (χ4n) is 13.3. The molecule has 1 spiro atoms. The Morgan fingerprint density at radius 1 is 0.878 bits per heavy atom. The lowest BCUT2D eigenvalue weighted by Gasteiger charge is -2.47. The highest BCUT2D eigenvalue weighted by molar-refractivity contribution is 6.07. The molecule has 5 saturated heterocycles. The number of urea groups is 1. The number of aryl methyl sites for hydroxylation is 1. The molecule has 5 aromatic rings. The third-order valence-electron chi connectivity index (χ3n) is 17.9. The Balaban J connectivity index is 0.651. The normalized spacial score (nSPS) is 23.2. The van der Waals surface area contributed by atoms with Crippen molar-refractivity contribution in [3.05, 3.63) is 71.7 Å². The van der Waals surface area contributed by atoms with Gasteiger partial charge in [0.2, 0.25) is 5.91 Å². The molecule has 74 heavy (non-hydrogen) atoms. The van der Waals surface area contributed by atoms with Crippen LogP contribution >= 0.6 is 0 Å². The van der Waals surface area contributed by atoms with Crippen LogP contribution in [0.4, 0.5) is 20.7 Å². The standard InChI is InChI=1S/C57H69FN10O6/c1-3-37-5-4-6-38-27-42(69)29-43(48(37)38)50-49(58)51-44(30-59-50)52(67-32-40-8-9-41(33-67)60-40)63-54(62-51)74-35-57(16-17-57)34-65-25-23-64(24-26-65)31-36-11-14-56(15-12-36)18-21-66(22-19-56)53(71)39-7-10-46(73-2)45(28-39)68-20-13-47(70)61-55(68)72/h4-7,10,27-30,36,40-41,60,69H,3,8-9,11-26,31-35H2,1-2H3,(H,61,70,72). The number of phenols is 1. The molecule has 2 saturated carbocycles. The Morgan fingerprint density at radius 3 is 2.35 bits per heavy atom. The molecule has 17 heteroatoms. The highest BCUT2D eigenvalue weighted by Crippen LogP contribution is 2.49. The maximum Gasteiger partial charge on any atom is 0.328 e. The number of aromatic hydroxyl groups is 1. The van der Waals surface area contributed by atoms with Gasteiger partial charge in [-0.1, -0.05) is 25.1 Å². The van der Waals surface area contributed by atoms with Crippen LogP contribution in [0.5, 0.6) is 17.5 Å². The second kappa shape index (κ2) is 19.8. The first-order valence-electron chi connectivity index (χ1n) is 27.2. The number of imide groups is 1. The number of anilines is 2. The highest BCUT2D eigenvalue weighted by Gasteiger charge is 2.46. The SMILES string of the molecule is CCc1cccc2cc(O)cc(-c3ncc4c(N5CC6CCC(C5)N6)nc(OCC5(CN6CCN(CC7CCC8(CC7)CCN(C(=O)c7ccc(OC)c(N9CCC(=O)NC9=O)c7)CC8)CC6)CC5)nc4c3F)c12. The van der Waals surface area contributed by atoms with Crippen LogP contribution in [0, 0.1) is 22.6 Å². The molecule has 4 amide bonds. The second-order valence-electron chi connectivity index (χ2n) is 22.7. The van der Waals surface area contributed by atoms with Crippen LogP contribution in [0.1, 0.15) is 93.5 Å². The molecule has 390 valence electrons. The molecule has 16 nitrogen and oxygen atoms in total. The molecule has 12 rings (SSSR count). The molecule has 2 unspecified atom stereocenters. The summed E-state index contributed by atoms with van der Waals surface area (Å²) in [5, 5.41) is 19.1. The zero-order valence-corrected chi connectivity index (χ0v) is 42.8. The lowest BCUT2D eigenvalue weighted by molar-refractivity contribution is -0.120. The van der Waals surface area contributed by atoms with E-state index in [0.717, 1.165) is 127 Å². The van der Waals surface area contributed by atoms with E-state index in [2.05, 4.69) is 32.3 Å². The number of nitrogens with one attached hydrogen (secondary N) is 2. The maximum atomic E-state index is 17.2. The van der Waals surface area contributed by atoms with Crippen molar-refractivity contribution in [1.82, 2.24) is 40.3 Å². The molecule has 0 radical (unpaired) electrons. The fraction of sp³-hybridized carbons (Fsp3) is 0.544. The van der Waals surface area contributed by atoms with Crippen molar-refractivity contribution in [3.8, 4) is 28.8 Å². The fourth-order valence-corrected chi connectivity index (χ4v) is 13.3. The number of benzene rings is 3. The number of piperazine rings is 2. The number of ether oxygens (including phenoxy) is 2. The minimum absolute atomic E-state index is 0.0111. The zero-order valence-electron chi connectivity index (χ0n) is 42.8. The third-order valence-corrected chi connectivity index (χ3v) is 17.9. The number of amides is 4. The first-order chi connectivity index (χ1) is 35.9. The van der Waals surface area contributed by atoms with Crippen LogP contribution in [0.25, 0.3) is 32.9 Å². The smallest absolute Gasteiger partial charge is 0.328 e. The zero-order chi connectivity index (χ0) is 50.7. The van der Waals surface area contributed by atoms with Gasteiger partial charge in [0.05, 0.1) is 24.8 Å². The van der Waals surface area contributed by atoms with Crippen LogP contribution < -0.4 is 29.9 Å². The summed E-state index contributed by atoms with van der Waals surface area (Å²) < 4.78 is 29.3. The third kappa shape index (κ3) is 9.59. The van der Waals surface area contributed by atoms with Crippen LogP contribution in [0.2, 0.25) is 0 Å². The number of carbonyl (C=O) groups excluding carboxylic acids is 3. The number of aromatic nitrogens is 3. The monoisotopic (exact) mass is 1010 g/mol. The van der Waals surface area contributed by atoms with E-state index in [-0.39, 0.29) is 58.6 Å². The minimum Gasteiger partial charge on any atom is -0.508 e. The van der Waals surface area contributed by atoms with E-state index in [4.69, 9.17) is 24.4 Å².